The average Bonchev–Trinajstić information content (AvgIpc) is 2.42. The lowest BCUT2D eigenvalue weighted by Crippen LogP contribution is -2.06. The molecule has 0 spiro atoms. The quantitative estimate of drug-likeness (QED) is 0.551. The van der Waals surface area contributed by atoms with Gasteiger partial charge in [0, 0.05) is 12.0 Å². The van der Waals surface area contributed by atoms with Gasteiger partial charge in [-0.2, -0.15) is 0 Å². The van der Waals surface area contributed by atoms with Gasteiger partial charge in [-0.15, -0.1) is 0 Å². The number of carbonyl (C=O) groups excluding carboxylic acids is 2. The first-order chi connectivity index (χ1) is 8.67. The van der Waals surface area contributed by atoms with Crippen molar-refractivity contribution in [3.8, 4) is 5.75 Å². The molecule has 0 aliphatic carbocycles. The molecule has 1 aromatic carbocycles. The number of ether oxygens (including phenoxy) is 2. The van der Waals surface area contributed by atoms with Gasteiger partial charge in [0.15, 0.2) is 5.78 Å². The zero-order valence-electron chi connectivity index (χ0n) is 10.8. The molecule has 0 aromatic heterocycles. The van der Waals surface area contributed by atoms with Crippen LogP contribution in [0.25, 0.3) is 0 Å². The molecule has 0 fully saturated rings. The van der Waals surface area contributed by atoms with Crippen LogP contribution in [-0.4, -0.2) is 25.5 Å². The molecule has 18 heavy (non-hydrogen) atoms. The fraction of sp³-hybridized carbons (Fsp3) is 0.429. The second kappa shape index (κ2) is 7.48. The third-order valence-electron chi connectivity index (χ3n) is 2.41. The van der Waals surface area contributed by atoms with Crippen molar-refractivity contribution >= 4 is 11.8 Å². The fourth-order valence-electron chi connectivity index (χ4n) is 1.44. The van der Waals surface area contributed by atoms with Crippen molar-refractivity contribution in [3.63, 3.8) is 0 Å². The molecule has 0 amide bonds. The summed E-state index contributed by atoms with van der Waals surface area (Å²) in [6, 6.07) is 7.01. The van der Waals surface area contributed by atoms with E-state index in [4.69, 9.17) is 4.74 Å². The van der Waals surface area contributed by atoms with Gasteiger partial charge in [-0.3, -0.25) is 9.59 Å². The normalized spacial score (nSPS) is 9.89. The number of esters is 1. The van der Waals surface area contributed by atoms with Crippen molar-refractivity contribution in [2.75, 3.05) is 13.7 Å². The number of rotatable bonds is 7. The average molecular weight is 250 g/mol. The van der Waals surface area contributed by atoms with Crippen LogP contribution in [0, 0.1) is 0 Å². The summed E-state index contributed by atoms with van der Waals surface area (Å²) < 4.78 is 9.95. The predicted octanol–water partition coefficient (Wildman–Crippen LogP) is 2.61. The highest BCUT2D eigenvalue weighted by Gasteiger charge is 2.10. The molecule has 0 saturated carbocycles. The predicted molar refractivity (Wildman–Crippen MR) is 67.8 cm³/mol. The van der Waals surface area contributed by atoms with E-state index in [1.807, 2.05) is 13.0 Å². The second-order valence-corrected chi connectivity index (χ2v) is 3.88. The van der Waals surface area contributed by atoms with E-state index in [1.54, 1.807) is 18.2 Å². The SMILES string of the molecule is CCCOc1cccc(C(=O)CCC(=O)OC)c1. The van der Waals surface area contributed by atoms with Crippen LogP contribution >= 0.6 is 0 Å². The summed E-state index contributed by atoms with van der Waals surface area (Å²) in [4.78, 5) is 22.8. The minimum atomic E-state index is -0.373. The van der Waals surface area contributed by atoms with Gasteiger partial charge in [-0.25, -0.2) is 0 Å². The van der Waals surface area contributed by atoms with Crippen LogP contribution in [0.4, 0.5) is 0 Å². The molecule has 0 heterocycles. The van der Waals surface area contributed by atoms with Gasteiger partial charge in [-0.05, 0) is 18.6 Å². The van der Waals surface area contributed by atoms with Gasteiger partial charge < -0.3 is 9.47 Å². The molecular formula is C14H18O4. The molecule has 0 N–H and O–H groups in total. The molecule has 0 bridgehead atoms. The number of carbonyl (C=O) groups is 2. The summed E-state index contributed by atoms with van der Waals surface area (Å²) in [5.74, 6) is 0.227. The molecule has 0 unspecified atom stereocenters. The highest BCUT2D eigenvalue weighted by atomic mass is 16.5. The van der Waals surface area contributed by atoms with Crippen molar-refractivity contribution in [2.24, 2.45) is 0 Å². The molecule has 98 valence electrons. The van der Waals surface area contributed by atoms with Gasteiger partial charge in [0.2, 0.25) is 0 Å². The second-order valence-electron chi connectivity index (χ2n) is 3.88. The summed E-state index contributed by atoms with van der Waals surface area (Å²) in [5, 5.41) is 0. The number of hydrogen-bond donors (Lipinski definition) is 0. The number of hydrogen-bond acceptors (Lipinski definition) is 4. The van der Waals surface area contributed by atoms with Crippen LogP contribution in [0.3, 0.4) is 0 Å². The Labute approximate surface area is 107 Å². The van der Waals surface area contributed by atoms with Crippen molar-refractivity contribution in [1.29, 1.82) is 0 Å². The molecule has 0 aliphatic heterocycles. The van der Waals surface area contributed by atoms with Crippen molar-refractivity contribution in [1.82, 2.24) is 0 Å². The maximum Gasteiger partial charge on any atom is 0.305 e. The number of benzene rings is 1. The van der Waals surface area contributed by atoms with Crippen LogP contribution in [-0.2, 0) is 9.53 Å². The Hall–Kier alpha value is -1.84. The number of Topliss-reactive ketones (excluding diaryl/α,β-unsaturated/α-hetero) is 1. The minimum Gasteiger partial charge on any atom is -0.494 e. The van der Waals surface area contributed by atoms with E-state index in [2.05, 4.69) is 4.74 Å². The van der Waals surface area contributed by atoms with E-state index in [0.29, 0.717) is 17.9 Å². The first kappa shape index (κ1) is 14.2. The van der Waals surface area contributed by atoms with Gasteiger partial charge in [-0.1, -0.05) is 19.1 Å². The molecule has 4 heteroatoms. The molecule has 0 saturated heterocycles. The summed E-state index contributed by atoms with van der Waals surface area (Å²) in [7, 11) is 1.31. The molecular weight excluding hydrogens is 232 g/mol. The van der Waals surface area contributed by atoms with E-state index in [0.717, 1.165) is 6.42 Å². The zero-order valence-corrected chi connectivity index (χ0v) is 10.8. The van der Waals surface area contributed by atoms with E-state index in [1.165, 1.54) is 7.11 Å². The van der Waals surface area contributed by atoms with Gasteiger partial charge >= 0.3 is 5.97 Å². The standard InChI is InChI=1S/C14H18O4/c1-3-9-18-12-6-4-5-11(10-12)13(15)7-8-14(16)17-2/h4-6,10H,3,7-9H2,1-2H3. The molecule has 4 nitrogen and oxygen atoms in total. The van der Waals surface area contributed by atoms with Crippen molar-refractivity contribution < 1.29 is 19.1 Å². The van der Waals surface area contributed by atoms with Gasteiger partial charge in [0.05, 0.1) is 20.1 Å². The Balaban J connectivity index is 2.59. The van der Waals surface area contributed by atoms with Crippen LogP contribution < -0.4 is 4.74 Å². The molecule has 0 aliphatic rings. The Bertz CT molecular complexity index is 412. The lowest BCUT2D eigenvalue weighted by atomic mass is 10.1. The first-order valence-corrected chi connectivity index (χ1v) is 6.00. The summed E-state index contributed by atoms with van der Waals surface area (Å²) in [6.45, 7) is 2.64. The van der Waals surface area contributed by atoms with E-state index >= 15 is 0 Å². The monoisotopic (exact) mass is 250 g/mol. The minimum absolute atomic E-state index is 0.0812. The Morgan fingerprint density at radius 2 is 2.00 bits per heavy atom. The zero-order chi connectivity index (χ0) is 13.4. The summed E-state index contributed by atoms with van der Waals surface area (Å²) >= 11 is 0. The maximum atomic E-state index is 11.8. The lowest BCUT2D eigenvalue weighted by Gasteiger charge is -2.06. The smallest absolute Gasteiger partial charge is 0.305 e. The van der Waals surface area contributed by atoms with Crippen molar-refractivity contribution in [2.45, 2.75) is 26.2 Å². The van der Waals surface area contributed by atoms with Gasteiger partial charge in [0.1, 0.15) is 5.75 Å². The molecule has 1 rings (SSSR count). The molecule has 1 aromatic rings. The maximum absolute atomic E-state index is 11.8. The van der Waals surface area contributed by atoms with Crippen LogP contribution in [0.15, 0.2) is 24.3 Å². The van der Waals surface area contributed by atoms with Gasteiger partial charge in [0.25, 0.3) is 0 Å². The van der Waals surface area contributed by atoms with Crippen molar-refractivity contribution in [3.05, 3.63) is 29.8 Å². The Morgan fingerprint density at radius 1 is 1.22 bits per heavy atom. The topological polar surface area (TPSA) is 52.6 Å². The largest absolute Gasteiger partial charge is 0.494 e. The summed E-state index contributed by atoms with van der Waals surface area (Å²) in [6.07, 6.45) is 1.18. The fourth-order valence-corrected chi connectivity index (χ4v) is 1.44. The number of methoxy groups -OCH3 is 1. The third-order valence-corrected chi connectivity index (χ3v) is 2.41. The highest BCUT2D eigenvalue weighted by molar-refractivity contribution is 5.97. The Kier molecular flexibility index (Phi) is 5.91. The molecule has 0 radical (unpaired) electrons. The first-order valence-electron chi connectivity index (χ1n) is 6.00. The molecule has 0 atom stereocenters. The lowest BCUT2D eigenvalue weighted by molar-refractivity contribution is -0.140. The van der Waals surface area contributed by atoms with Crippen LogP contribution in [0.2, 0.25) is 0 Å². The van der Waals surface area contributed by atoms with E-state index in [-0.39, 0.29) is 24.6 Å². The van der Waals surface area contributed by atoms with E-state index in [9.17, 15) is 9.59 Å². The third kappa shape index (κ3) is 4.57. The highest BCUT2D eigenvalue weighted by Crippen LogP contribution is 2.15. The van der Waals surface area contributed by atoms with E-state index < -0.39 is 0 Å². The van der Waals surface area contributed by atoms with Crippen LogP contribution in [0.1, 0.15) is 36.5 Å². The van der Waals surface area contributed by atoms with Crippen LogP contribution in [0.5, 0.6) is 5.75 Å². The Morgan fingerprint density at radius 3 is 2.67 bits per heavy atom. The summed E-state index contributed by atoms with van der Waals surface area (Å²) in [5.41, 5.74) is 0.563. The number of ketones is 1.